The molecule has 0 fully saturated rings. The van der Waals surface area contributed by atoms with E-state index in [2.05, 4.69) is 53.7 Å². The molecule has 4 nitrogen and oxygen atoms in total. The minimum atomic E-state index is -0.224. The number of phenols is 4. The molecule has 0 saturated heterocycles. The quantitative estimate of drug-likeness (QED) is 0.197. The Hall–Kier alpha value is -3.14. The molecule has 0 aliphatic carbocycles. The summed E-state index contributed by atoms with van der Waals surface area (Å²) in [7, 11) is 0. The zero-order valence-corrected chi connectivity index (χ0v) is 18.3. The third-order valence-corrected chi connectivity index (χ3v) is 5.87. The van der Waals surface area contributed by atoms with Crippen LogP contribution in [0.25, 0.3) is 32.3 Å². The molecule has 0 aliphatic rings. The maximum absolute atomic E-state index is 10.2. The molecule has 0 atom stereocenters. The Bertz CT molecular complexity index is 1230. The van der Waals surface area contributed by atoms with E-state index >= 15 is 0 Å². The second-order valence-corrected chi connectivity index (χ2v) is 10.2. The fourth-order valence-electron chi connectivity index (χ4n) is 4.33. The lowest BCUT2D eigenvalue weighted by Crippen LogP contribution is -2.22. The van der Waals surface area contributed by atoms with Gasteiger partial charge in [0.1, 0.15) is 0 Å². The van der Waals surface area contributed by atoms with Gasteiger partial charge in [-0.2, -0.15) is 0 Å². The van der Waals surface area contributed by atoms with Crippen molar-refractivity contribution in [3.63, 3.8) is 0 Å². The highest BCUT2D eigenvalue weighted by Gasteiger charge is 2.27. The first-order valence-electron chi connectivity index (χ1n) is 10.1. The number of hydrogen-bond donors (Lipinski definition) is 4. The van der Waals surface area contributed by atoms with Crippen LogP contribution in [-0.4, -0.2) is 20.4 Å². The van der Waals surface area contributed by atoms with Crippen molar-refractivity contribution in [1.29, 1.82) is 0 Å². The van der Waals surface area contributed by atoms with Crippen molar-refractivity contribution in [2.24, 2.45) is 0 Å². The van der Waals surface area contributed by atoms with E-state index in [1.54, 1.807) is 12.1 Å². The van der Waals surface area contributed by atoms with Gasteiger partial charge in [-0.3, -0.25) is 0 Å². The molecule has 4 aromatic carbocycles. The van der Waals surface area contributed by atoms with Crippen LogP contribution in [0.5, 0.6) is 23.0 Å². The zero-order chi connectivity index (χ0) is 22.2. The third kappa shape index (κ3) is 2.98. The molecular weight excluding hydrogens is 376 g/mol. The Balaban J connectivity index is 2.36. The van der Waals surface area contributed by atoms with Gasteiger partial charge in [0.15, 0.2) is 23.0 Å². The van der Waals surface area contributed by atoms with Crippen molar-refractivity contribution in [1.82, 2.24) is 0 Å². The highest BCUT2D eigenvalue weighted by atomic mass is 16.3. The molecule has 0 radical (unpaired) electrons. The van der Waals surface area contributed by atoms with Crippen LogP contribution in [0.2, 0.25) is 0 Å². The van der Waals surface area contributed by atoms with Crippen molar-refractivity contribution in [3.8, 4) is 23.0 Å². The standard InChI is InChI=1S/C26H28O4/c1-25(2,3)19-7-13-14(8-20(19)26(4,5)6)16-10-22(28)24(30)12-18(16)17-11-23(29)21(27)9-15(13)17/h7-12,27-30H,1-6H3. The van der Waals surface area contributed by atoms with E-state index < -0.39 is 0 Å². The summed E-state index contributed by atoms with van der Waals surface area (Å²) < 4.78 is 0. The van der Waals surface area contributed by atoms with Gasteiger partial charge in [0, 0.05) is 0 Å². The van der Waals surface area contributed by atoms with Gasteiger partial charge in [-0.1, -0.05) is 41.5 Å². The largest absolute Gasteiger partial charge is 0.504 e. The maximum Gasteiger partial charge on any atom is 0.158 e. The summed E-state index contributed by atoms with van der Waals surface area (Å²) in [6.07, 6.45) is 0. The normalized spacial score (nSPS) is 12.9. The fraction of sp³-hybridized carbons (Fsp3) is 0.308. The van der Waals surface area contributed by atoms with Crippen LogP contribution in [0.4, 0.5) is 0 Å². The molecule has 4 aromatic rings. The summed E-state index contributed by atoms with van der Waals surface area (Å²) in [6.45, 7) is 13.1. The van der Waals surface area contributed by atoms with Crippen molar-refractivity contribution in [3.05, 3.63) is 47.5 Å². The summed E-state index contributed by atoms with van der Waals surface area (Å²) in [5, 5.41) is 45.6. The van der Waals surface area contributed by atoms with Crippen LogP contribution in [0.3, 0.4) is 0 Å². The zero-order valence-electron chi connectivity index (χ0n) is 18.3. The van der Waals surface area contributed by atoms with E-state index in [1.807, 2.05) is 0 Å². The van der Waals surface area contributed by atoms with Crippen molar-refractivity contribution in [2.75, 3.05) is 0 Å². The predicted octanol–water partition coefficient (Wildman–Crippen LogP) is 6.56. The van der Waals surface area contributed by atoms with Gasteiger partial charge in [-0.15, -0.1) is 0 Å². The summed E-state index contributed by atoms with van der Waals surface area (Å²) in [5.74, 6) is -0.831. The molecular formula is C26H28O4. The van der Waals surface area contributed by atoms with Crippen LogP contribution >= 0.6 is 0 Å². The lowest BCUT2D eigenvalue weighted by Gasteiger charge is -2.31. The van der Waals surface area contributed by atoms with Gasteiger partial charge in [-0.25, -0.2) is 0 Å². The van der Waals surface area contributed by atoms with E-state index in [9.17, 15) is 20.4 Å². The topological polar surface area (TPSA) is 80.9 Å². The van der Waals surface area contributed by atoms with Gasteiger partial charge in [-0.05, 0) is 90.7 Å². The van der Waals surface area contributed by atoms with Crippen LogP contribution in [-0.2, 0) is 10.8 Å². The molecule has 0 heterocycles. The Kier molecular flexibility index (Phi) is 4.15. The van der Waals surface area contributed by atoms with Crippen LogP contribution in [0.15, 0.2) is 36.4 Å². The Morgan fingerprint density at radius 2 is 0.600 bits per heavy atom. The first-order chi connectivity index (χ1) is 13.8. The predicted molar refractivity (Wildman–Crippen MR) is 123 cm³/mol. The first kappa shape index (κ1) is 20.1. The van der Waals surface area contributed by atoms with Gasteiger partial charge in [0.2, 0.25) is 0 Å². The minimum Gasteiger partial charge on any atom is -0.504 e. The molecule has 4 rings (SSSR count). The number of hydrogen-bond acceptors (Lipinski definition) is 4. The second kappa shape index (κ2) is 6.18. The molecule has 0 bridgehead atoms. The molecule has 4 N–H and O–H groups in total. The average Bonchev–Trinajstić information content (AvgIpc) is 2.62. The van der Waals surface area contributed by atoms with E-state index in [0.29, 0.717) is 10.8 Å². The second-order valence-electron chi connectivity index (χ2n) is 10.2. The van der Waals surface area contributed by atoms with Crippen molar-refractivity contribution in [2.45, 2.75) is 52.4 Å². The van der Waals surface area contributed by atoms with Gasteiger partial charge < -0.3 is 20.4 Å². The van der Waals surface area contributed by atoms with Crippen LogP contribution in [0.1, 0.15) is 52.7 Å². The lowest BCUT2D eigenvalue weighted by atomic mass is 9.73. The Morgan fingerprint density at radius 3 is 0.800 bits per heavy atom. The van der Waals surface area contributed by atoms with E-state index in [1.165, 1.54) is 23.3 Å². The van der Waals surface area contributed by atoms with E-state index in [0.717, 1.165) is 21.5 Å². The van der Waals surface area contributed by atoms with Gasteiger partial charge in [0.05, 0.1) is 0 Å². The third-order valence-electron chi connectivity index (χ3n) is 5.87. The summed E-state index contributed by atoms with van der Waals surface area (Å²) in [4.78, 5) is 0. The number of rotatable bonds is 0. The highest BCUT2D eigenvalue weighted by Crippen LogP contribution is 2.46. The van der Waals surface area contributed by atoms with Crippen molar-refractivity contribution >= 4 is 32.3 Å². The highest BCUT2D eigenvalue weighted by molar-refractivity contribution is 6.26. The van der Waals surface area contributed by atoms with Gasteiger partial charge >= 0.3 is 0 Å². The Morgan fingerprint density at radius 1 is 0.400 bits per heavy atom. The molecule has 0 aromatic heterocycles. The number of phenolic OH excluding ortho intramolecular Hbond substituents is 4. The van der Waals surface area contributed by atoms with Crippen LogP contribution in [0, 0.1) is 0 Å². The van der Waals surface area contributed by atoms with Gasteiger partial charge in [0.25, 0.3) is 0 Å². The maximum atomic E-state index is 10.2. The molecule has 4 heteroatoms. The smallest absolute Gasteiger partial charge is 0.158 e. The van der Waals surface area contributed by atoms with E-state index in [-0.39, 0.29) is 33.8 Å². The summed E-state index contributed by atoms with van der Waals surface area (Å²) in [6, 6.07) is 10.5. The molecule has 0 aliphatic heterocycles. The summed E-state index contributed by atoms with van der Waals surface area (Å²) in [5.41, 5.74) is 2.21. The minimum absolute atomic E-state index is 0.103. The summed E-state index contributed by atoms with van der Waals surface area (Å²) >= 11 is 0. The molecule has 156 valence electrons. The fourth-order valence-corrected chi connectivity index (χ4v) is 4.33. The number of benzene rings is 4. The first-order valence-corrected chi connectivity index (χ1v) is 10.1. The Labute approximate surface area is 176 Å². The SMILES string of the molecule is CC(C)(C)c1cc2c3cc(O)c(O)cc3c3cc(O)c(O)cc3c2cc1C(C)(C)C. The van der Waals surface area contributed by atoms with Crippen LogP contribution < -0.4 is 0 Å². The number of aromatic hydroxyl groups is 4. The molecule has 0 saturated carbocycles. The molecule has 30 heavy (non-hydrogen) atoms. The number of fused-ring (bicyclic) bond motifs is 6. The average molecular weight is 405 g/mol. The van der Waals surface area contributed by atoms with Crippen molar-refractivity contribution < 1.29 is 20.4 Å². The lowest BCUT2D eigenvalue weighted by molar-refractivity contribution is 0.404. The molecule has 0 spiro atoms. The monoisotopic (exact) mass is 404 g/mol. The molecule has 0 unspecified atom stereocenters. The van der Waals surface area contributed by atoms with E-state index in [4.69, 9.17) is 0 Å². The molecule has 0 amide bonds.